The van der Waals surface area contributed by atoms with E-state index in [0.29, 0.717) is 11.4 Å². The van der Waals surface area contributed by atoms with Crippen molar-refractivity contribution in [2.45, 2.75) is 12.5 Å². The van der Waals surface area contributed by atoms with Gasteiger partial charge in [-0.2, -0.15) is 0 Å². The molecule has 4 heteroatoms. The van der Waals surface area contributed by atoms with Crippen LogP contribution >= 0.6 is 11.6 Å². The van der Waals surface area contributed by atoms with Crippen molar-refractivity contribution in [1.82, 2.24) is 0 Å². The van der Waals surface area contributed by atoms with Crippen LogP contribution in [0.4, 0.5) is 0 Å². The molecule has 0 saturated carbocycles. The third-order valence-electron chi connectivity index (χ3n) is 2.11. The van der Waals surface area contributed by atoms with Crippen LogP contribution in [0.3, 0.4) is 0 Å². The molecule has 2 rings (SSSR count). The number of aliphatic hydroxyl groups excluding tert-OH is 1. The number of aliphatic hydroxyl groups is 1. The molecule has 14 heavy (non-hydrogen) atoms. The van der Waals surface area contributed by atoms with Gasteiger partial charge in [0, 0.05) is 11.4 Å². The summed E-state index contributed by atoms with van der Waals surface area (Å²) >= 11 is 5.76. The second-order valence-electron chi connectivity index (χ2n) is 3.16. The van der Waals surface area contributed by atoms with Crippen LogP contribution in [-0.4, -0.2) is 23.5 Å². The Morgan fingerprint density at radius 3 is 2.71 bits per heavy atom. The van der Waals surface area contributed by atoms with Gasteiger partial charge in [0.15, 0.2) is 6.10 Å². The lowest BCUT2D eigenvalue weighted by molar-refractivity contribution is 0.0390. The zero-order chi connectivity index (χ0) is 9.97. The monoisotopic (exact) mass is 211 g/mol. The van der Waals surface area contributed by atoms with Crippen molar-refractivity contribution < 1.29 is 9.94 Å². The minimum absolute atomic E-state index is 0.000585. The van der Waals surface area contributed by atoms with E-state index in [0.717, 1.165) is 11.3 Å². The molecular formula is C10H10ClNO2. The first-order chi connectivity index (χ1) is 6.79. The molecule has 1 N–H and O–H groups in total. The Balaban J connectivity index is 2.13. The van der Waals surface area contributed by atoms with E-state index in [2.05, 4.69) is 5.16 Å². The maximum atomic E-state index is 8.86. The van der Waals surface area contributed by atoms with Crippen molar-refractivity contribution in [3.05, 3.63) is 34.9 Å². The second kappa shape index (κ2) is 3.98. The highest BCUT2D eigenvalue weighted by molar-refractivity contribution is 6.30. The standard InChI is InChI=1S/C10H10ClNO2/c11-8-3-1-7(2-4-8)10-5-9(6-13)14-12-10/h1-4,9,13H,5-6H2/t9-/m1/s1. The SMILES string of the molecule is OC[C@H]1CC(c2ccc(Cl)cc2)=NO1. The summed E-state index contributed by atoms with van der Waals surface area (Å²) in [7, 11) is 0. The van der Waals surface area contributed by atoms with Gasteiger partial charge in [0.25, 0.3) is 0 Å². The molecule has 0 aliphatic carbocycles. The van der Waals surface area contributed by atoms with Gasteiger partial charge in [-0.25, -0.2) is 0 Å². The zero-order valence-electron chi connectivity index (χ0n) is 7.48. The van der Waals surface area contributed by atoms with E-state index in [1.165, 1.54) is 0 Å². The van der Waals surface area contributed by atoms with Gasteiger partial charge in [-0.15, -0.1) is 0 Å². The first kappa shape index (κ1) is 9.49. The van der Waals surface area contributed by atoms with E-state index in [9.17, 15) is 0 Å². The quantitative estimate of drug-likeness (QED) is 0.811. The maximum absolute atomic E-state index is 8.86. The van der Waals surface area contributed by atoms with E-state index in [1.807, 2.05) is 24.3 Å². The third kappa shape index (κ3) is 1.89. The van der Waals surface area contributed by atoms with Crippen LogP contribution in [0.1, 0.15) is 12.0 Å². The van der Waals surface area contributed by atoms with Crippen LogP contribution in [0.25, 0.3) is 0 Å². The Kier molecular flexibility index (Phi) is 2.70. The molecule has 0 amide bonds. The van der Waals surface area contributed by atoms with Crippen LogP contribution in [0.15, 0.2) is 29.4 Å². The molecule has 1 heterocycles. The number of halogens is 1. The number of benzene rings is 1. The Hall–Kier alpha value is -1.06. The van der Waals surface area contributed by atoms with Gasteiger partial charge in [-0.3, -0.25) is 0 Å². The normalized spacial score (nSPS) is 20.4. The van der Waals surface area contributed by atoms with Gasteiger partial charge >= 0.3 is 0 Å². The molecule has 3 nitrogen and oxygen atoms in total. The number of hydrogen-bond acceptors (Lipinski definition) is 3. The number of nitrogens with zero attached hydrogens (tertiary/aromatic N) is 1. The Labute approximate surface area is 86.9 Å². The minimum atomic E-state index is -0.194. The first-order valence-corrected chi connectivity index (χ1v) is 4.77. The fourth-order valence-corrected chi connectivity index (χ4v) is 1.47. The first-order valence-electron chi connectivity index (χ1n) is 4.39. The van der Waals surface area contributed by atoms with Crippen molar-refractivity contribution in [3.8, 4) is 0 Å². The predicted octanol–water partition coefficient (Wildman–Crippen LogP) is 1.83. The van der Waals surface area contributed by atoms with Crippen molar-refractivity contribution in [3.63, 3.8) is 0 Å². The molecule has 0 bridgehead atoms. The Morgan fingerprint density at radius 2 is 2.14 bits per heavy atom. The highest BCUT2D eigenvalue weighted by atomic mass is 35.5. The summed E-state index contributed by atoms with van der Waals surface area (Å²) in [5.74, 6) is 0. The summed E-state index contributed by atoms with van der Waals surface area (Å²) in [6.45, 7) is 0.000585. The lowest BCUT2D eigenvalue weighted by Gasteiger charge is -2.01. The van der Waals surface area contributed by atoms with E-state index in [-0.39, 0.29) is 12.7 Å². The molecule has 0 aromatic heterocycles. The molecule has 1 atom stereocenters. The fourth-order valence-electron chi connectivity index (χ4n) is 1.34. The Morgan fingerprint density at radius 1 is 1.43 bits per heavy atom. The van der Waals surface area contributed by atoms with E-state index < -0.39 is 0 Å². The summed E-state index contributed by atoms with van der Waals surface area (Å²) in [6.07, 6.45) is 0.457. The van der Waals surface area contributed by atoms with Crippen molar-refractivity contribution in [2.75, 3.05) is 6.61 Å². The summed E-state index contributed by atoms with van der Waals surface area (Å²) in [5, 5.41) is 13.5. The molecule has 0 spiro atoms. The van der Waals surface area contributed by atoms with E-state index in [4.69, 9.17) is 21.5 Å². The highest BCUT2D eigenvalue weighted by Crippen LogP contribution is 2.18. The van der Waals surface area contributed by atoms with Crippen LogP contribution in [0.2, 0.25) is 5.02 Å². The number of rotatable bonds is 2. The van der Waals surface area contributed by atoms with Crippen LogP contribution in [0.5, 0.6) is 0 Å². The molecule has 0 fully saturated rings. The van der Waals surface area contributed by atoms with E-state index in [1.54, 1.807) is 0 Å². The van der Waals surface area contributed by atoms with Crippen molar-refractivity contribution in [1.29, 1.82) is 0 Å². The van der Waals surface area contributed by atoms with Gasteiger partial charge in [-0.1, -0.05) is 28.9 Å². The van der Waals surface area contributed by atoms with Crippen LogP contribution in [-0.2, 0) is 4.84 Å². The number of oxime groups is 1. The molecule has 1 aliphatic rings. The van der Waals surface area contributed by atoms with Crippen LogP contribution in [0, 0.1) is 0 Å². The smallest absolute Gasteiger partial charge is 0.156 e. The molecule has 0 unspecified atom stereocenters. The predicted molar refractivity (Wildman–Crippen MR) is 54.6 cm³/mol. The van der Waals surface area contributed by atoms with Crippen molar-refractivity contribution in [2.24, 2.45) is 5.16 Å². The molecular weight excluding hydrogens is 202 g/mol. The summed E-state index contributed by atoms with van der Waals surface area (Å²) in [4.78, 5) is 5.00. The summed E-state index contributed by atoms with van der Waals surface area (Å²) < 4.78 is 0. The van der Waals surface area contributed by atoms with E-state index >= 15 is 0 Å². The molecule has 74 valence electrons. The van der Waals surface area contributed by atoms with Crippen molar-refractivity contribution >= 4 is 17.3 Å². The lowest BCUT2D eigenvalue weighted by Crippen LogP contribution is -2.12. The summed E-state index contributed by atoms with van der Waals surface area (Å²) in [5.41, 5.74) is 1.85. The van der Waals surface area contributed by atoms with Gasteiger partial charge in [0.1, 0.15) is 0 Å². The number of hydrogen-bond donors (Lipinski definition) is 1. The van der Waals surface area contributed by atoms with Gasteiger partial charge in [0.05, 0.1) is 12.3 Å². The van der Waals surface area contributed by atoms with Gasteiger partial charge in [0.2, 0.25) is 0 Å². The molecule has 1 aliphatic heterocycles. The van der Waals surface area contributed by atoms with Gasteiger partial charge in [-0.05, 0) is 17.7 Å². The second-order valence-corrected chi connectivity index (χ2v) is 3.60. The Bertz CT molecular complexity index is 348. The molecule has 0 saturated heterocycles. The maximum Gasteiger partial charge on any atom is 0.156 e. The zero-order valence-corrected chi connectivity index (χ0v) is 8.24. The average molecular weight is 212 g/mol. The molecule has 0 radical (unpaired) electrons. The lowest BCUT2D eigenvalue weighted by atomic mass is 10.1. The summed E-state index contributed by atoms with van der Waals surface area (Å²) in [6, 6.07) is 7.41. The largest absolute Gasteiger partial charge is 0.392 e. The minimum Gasteiger partial charge on any atom is -0.392 e. The van der Waals surface area contributed by atoms with Gasteiger partial charge < -0.3 is 9.94 Å². The molecule has 1 aromatic rings. The van der Waals surface area contributed by atoms with Crippen LogP contribution < -0.4 is 0 Å². The fraction of sp³-hybridized carbons (Fsp3) is 0.300. The average Bonchev–Trinajstić information content (AvgIpc) is 2.67. The third-order valence-corrected chi connectivity index (χ3v) is 2.37. The topological polar surface area (TPSA) is 41.8 Å². The highest BCUT2D eigenvalue weighted by Gasteiger charge is 2.20. The molecule has 1 aromatic carbocycles.